The van der Waals surface area contributed by atoms with Gasteiger partial charge < -0.3 is 5.11 Å². The molecule has 0 aliphatic heterocycles. The number of carbonyl (C=O) groups is 1. The average Bonchev–Trinajstić information content (AvgIpc) is 2.14. The molecular weight excluding hydrogens is 291 g/mol. The smallest absolute Gasteiger partial charge is 0.336 e. The Morgan fingerprint density at radius 1 is 1.44 bits per heavy atom. The molecule has 0 heterocycles. The normalized spacial score (nSPS) is 13.6. The van der Waals surface area contributed by atoms with Crippen molar-refractivity contribution in [1.82, 2.24) is 0 Å². The second-order valence-electron chi connectivity index (χ2n) is 4.73. The first-order valence-corrected chi connectivity index (χ1v) is 6.20. The number of hydrogen-bond acceptors (Lipinski definition) is 1. The van der Waals surface area contributed by atoms with Gasteiger partial charge in [-0.1, -0.05) is 54.4 Å². The number of benzene rings is 1. The maximum Gasteiger partial charge on any atom is 0.336 e. The highest BCUT2D eigenvalue weighted by Crippen LogP contribution is 2.44. The summed E-state index contributed by atoms with van der Waals surface area (Å²) in [5.41, 5.74) is 0.795. The van der Waals surface area contributed by atoms with Crippen LogP contribution in [0.2, 0.25) is 5.02 Å². The molecule has 0 saturated carbocycles. The van der Waals surface area contributed by atoms with E-state index in [2.05, 4.69) is 15.9 Å². The van der Waals surface area contributed by atoms with Gasteiger partial charge in [0.05, 0.1) is 5.56 Å². The first-order valence-electron chi connectivity index (χ1n) is 4.91. The standard InChI is InChI=1S/C12H14BrClO2/c1-12(2,3)10(13)9-7(11(15)16)5-4-6-8(9)14/h4-6,10H,1-3H3,(H,15,16). The van der Waals surface area contributed by atoms with Gasteiger partial charge in [-0.25, -0.2) is 4.79 Å². The van der Waals surface area contributed by atoms with Gasteiger partial charge in [-0.2, -0.15) is 0 Å². The molecule has 0 spiro atoms. The molecule has 0 aromatic heterocycles. The molecule has 0 saturated heterocycles. The monoisotopic (exact) mass is 304 g/mol. The molecule has 0 aliphatic carbocycles. The Morgan fingerprint density at radius 2 is 2.00 bits per heavy atom. The Morgan fingerprint density at radius 3 is 2.44 bits per heavy atom. The van der Waals surface area contributed by atoms with E-state index in [4.69, 9.17) is 16.7 Å². The number of hydrogen-bond donors (Lipinski definition) is 1. The summed E-state index contributed by atoms with van der Waals surface area (Å²) in [7, 11) is 0. The largest absolute Gasteiger partial charge is 0.478 e. The quantitative estimate of drug-likeness (QED) is 0.816. The van der Waals surface area contributed by atoms with Crippen LogP contribution in [0.15, 0.2) is 18.2 Å². The van der Waals surface area contributed by atoms with Crippen LogP contribution in [0, 0.1) is 5.41 Å². The first-order chi connectivity index (χ1) is 7.25. The van der Waals surface area contributed by atoms with Gasteiger partial charge >= 0.3 is 5.97 Å². The summed E-state index contributed by atoms with van der Waals surface area (Å²) in [5.74, 6) is -0.953. The van der Waals surface area contributed by atoms with Gasteiger partial charge in [-0.05, 0) is 23.1 Å². The van der Waals surface area contributed by atoms with Gasteiger partial charge in [0.25, 0.3) is 0 Å². The lowest BCUT2D eigenvalue weighted by Crippen LogP contribution is -2.16. The van der Waals surface area contributed by atoms with Crippen molar-refractivity contribution in [2.45, 2.75) is 25.6 Å². The molecule has 4 heteroatoms. The van der Waals surface area contributed by atoms with Gasteiger partial charge in [0.1, 0.15) is 0 Å². The second-order valence-corrected chi connectivity index (χ2v) is 6.06. The Balaban J connectivity index is 3.36. The summed E-state index contributed by atoms with van der Waals surface area (Å²) in [6.07, 6.45) is 0. The van der Waals surface area contributed by atoms with Crippen molar-refractivity contribution in [2.75, 3.05) is 0 Å². The van der Waals surface area contributed by atoms with E-state index in [1.807, 2.05) is 20.8 Å². The van der Waals surface area contributed by atoms with E-state index in [1.54, 1.807) is 18.2 Å². The van der Waals surface area contributed by atoms with E-state index >= 15 is 0 Å². The van der Waals surface area contributed by atoms with E-state index in [9.17, 15) is 4.79 Å². The third-order valence-corrected chi connectivity index (χ3v) is 4.46. The highest BCUT2D eigenvalue weighted by molar-refractivity contribution is 9.09. The number of aromatic carboxylic acids is 1. The van der Waals surface area contributed by atoms with Crippen LogP contribution in [0.4, 0.5) is 0 Å². The summed E-state index contributed by atoms with van der Waals surface area (Å²) in [6.45, 7) is 6.09. The van der Waals surface area contributed by atoms with Crippen molar-refractivity contribution in [3.8, 4) is 0 Å². The highest BCUT2D eigenvalue weighted by Gasteiger charge is 2.29. The lowest BCUT2D eigenvalue weighted by Gasteiger charge is -2.27. The molecule has 0 amide bonds. The van der Waals surface area contributed by atoms with Crippen molar-refractivity contribution in [3.63, 3.8) is 0 Å². The molecule has 0 aliphatic rings. The van der Waals surface area contributed by atoms with Crippen molar-refractivity contribution in [3.05, 3.63) is 34.3 Å². The zero-order chi connectivity index (χ0) is 12.5. The molecule has 2 nitrogen and oxygen atoms in total. The van der Waals surface area contributed by atoms with Crippen LogP contribution in [0.25, 0.3) is 0 Å². The fraction of sp³-hybridized carbons (Fsp3) is 0.417. The molecular formula is C12H14BrClO2. The molecule has 1 unspecified atom stereocenters. The van der Waals surface area contributed by atoms with Crippen LogP contribution in [0.1, 0.15) is 41.5 Å². The average molecular weight is 306 g/mol. The summed E-state index contributed by atoms with van der Waals surface area (Å²) < 4.78 is 0. The molecule has 0 radical (unpaired) electrons. The van der Waals surface area contributed by atoms with Crippen LogP contribution < -0.4 is 0 Å². The number of halogens is 2. The molecule has 88 valence electrons. The van der Waals surface area contributed by atoms with E-state index in [0.717, 1.165) is 0 Å². The SMILES string of the molecule is CC(C)(C)C(Br)c1c(Cl)cccc1C(=O)O. The zero-order valence-electron chi connectivity index (χ0n) is 9.42. The van der Waals surface area contributed by atoms with Gasteiger partial charge in [0.2, 0.25) is 0 Å². The summed E-state index contributed by atoms with van der Waals surface area (Å²) in [5, 5.41) is 9.61. The topological polar surface area (TPSA) is 37.3 Å². The van der Waals surface area contributed by atoms with E-state index in [-0.39, 0.29) is 15.8 Å². The van der Waals surface area contributed by atoms with Crippen molar-refractivity contribution < 1.29 is 9.90 Å². The number of alkyl halides is 1. The molecule has 1 atom stereocenters. The molecule has 1 aromatic carbocycles. The highest BCUT2D eigenvalue weighted by atomic mass is 79.9. The second kappa shape index (κ2) is 4.76. The summed E-state index contributed by atoms with van der Waals surface area (Å²) in [6, 6.07) is 4.94. The lowest BCUT2D eigenvalue weighted by molar-refractivity contribution is 0.0695. The van der Waals surface area contributed by atoms with E-state index < -0.39 is 5.97 Å². The molecule has 1 N–H and O–H groups in total. The molecule has 0 bridgehead atoms. The third-order valence-electron chi connectivity index (χ3n) is 2.30. The Hall–Kier alpha value is -0.540. The van der Waals surface area contributed by atoms with Crippen LogP contribution >= 0.6 is 27.5 Å². The van der Waals surface area contributed by atoms with Crippen molar-refractivity contribution >= 4 is 33.5 Å². The Kier molecular flexibility index (Phi) is 4.02. The zero-order valence-corrected chi connectivity index (χ0v) is 11.8. The predicted molar refractivity (Wildman–Crippen MR) is 69.5 cm³/mol. The molecule has 0 fully saturated rings. The molecule has 16 heavy (non-hydrogen) atoms. The van der Waals surface area contributed by atoms with Gasteiger partial charge in [0.15, 0.2) is 0 Å². The predicted octanol–water partition coefficient (Wildman–Crippen LogP) is 4.52. The van der Waals surface area contributed by atoms with Gasteiger partial charge in [0, 0.05) is 9.85 Å². The minimum Gasteiger partial charge on any atom is -0.478 e. The Labute approximate surface area is 109 Å². The maximum atomic E-state index is 11.1. The van der Waals surface area contributed by atoms with Crippen LogP contribution in [0.5, 0.6) is 0 Å². The number of carboxylic acids is 1. The van der Waals surface area contributed by atoms with Crippen LogP contribution in [0.3, 0.4) is 0 Å². The number of carboxylic acid groups (broad SMARTS) is 1. The van der Waals surface area contributed by atoms with Crippen molar-refractivity contribution in [2.24, 2.45) is 5.41 Å². The summed E-state index contributed by atoms with van der Waals surface area (Å²) >= 11 is 9.61. The lowest BCUT2D eigenvalue weighted by atomic mass is 9.86. The number of rotatable bonds is 2. The first kappa shape index (κ1) is 13.5. The van der Waals surface area contributed by atoms with Crippen LogP contribution in [-0.2, 0) is 0 Å². The van der Waals surface area contributed by atoms with E-state index in [0.29, 0.717) is 10.6 Å². The molecule has 1 aromatic rings. The minimum absolute atomic E-state index is 0.0974. The fourth-order valence-corrected chi connectivity index (χ4v) is 2.32. The molecule has 1 rings (SSSR count). The van der Waals surface area contributed by atoms with Gasteiger partial charge in [-0.15, -0.1) is 0 Å². The minimum atomic E-state index is -0.953. The fourth-order valence-electron chi connectivity index (χ4n) is 1.41. The Bertz CT molecular complexity index is 410. The maximum absolute atomic E-state index is 11.1. The van der Waals surface area contributed by atoms with Gasteiger partial charge in [-0.3, -0.25) is 0 Å². The third kappa shape index (κ3) is 2.77. The van der Waals surface area contributed by atoms with E-state index in [1.165, 1.54) is 0 Å². The van der Waals surface area contributed by atoms with Crippen LogP contribution in [-0.4, -0.2) is 11.1 Å². The van der Waals surface area contributed by atoms with Crippen molar-refractivity contribution in [1.29, 1.82) is 0 Å². The summed E-state index contributed by atoms with van der Waals surface area (Å²) in [4.78, 5) is 11.0.